The van der Waals surface area contributed by atoms with Gasteiger partial charge in [0.1, 0.15) is 11.8 Å². The molecule has 2 heterocycles. The van der Waals surface area contributed by atoms with Gasteiger partial charge in [-0.15, -0.1) is 0 Å². The molecule has 1 aliphatic heterocycles. The summed E-state index contributed by atoms with van der Waals surface area (Å²) in [6, 6.07) is 8.97. The summed E-state index contributed by atoms with van der Waals surface area (Å²) in [7, 11) is 4.23. The van der Waals surface area contributed by atoms with Crippen LogP contribution in [0.4, 0.5) is 0 Å². The zero-order valence-corrected chi connectivity index (χ0v) is 20.4. The summed E-state index contributed by atoms with van der Waals surface area (Å²) in [4.78, 5) is 31.3. The first-order valence-corrected chi connectivity index (χ1v) is 11.3. The zero-order chi connectivity index (χ0) is 24.6. The molecule has 1 aromatic heterocycles. The number of ether oxygens (including phenoxy) is 3. The Morgan fingerprint density at radius 2 is 1.85 bits per heavy atom. The fourth-order valence-electron chi connectivity index (χ4n) is 3.85. The Labute approximate surface area is 203 Å². The molecule has 0 aliphatic carbocycles. The van der Waals surface area contributed by atoms with Crippen LogP contribution in [0.3, 0.4) is 0 Å². The number of phenolic OH excluding ortho intramolecular Hbond substituents is 1. The van der Waals surface area contributed by atoms with Crippen LogP contribution in [0.1, 0.15) is 24.1 Å². The first-order valence-electron chi connectivity index (χ1n) is 10.1. The van der Waals surface area contributed by atoms with Gasteiger partial charge in [-0.25, -0.2) is 9.79 Å². The number of aromatic hydroxyl groups is 1. The molecular weight excluding hydrogens is 480 g/mol. The van der Waals surface area contributed by atoms with E-state index >= 15 is 0 Å². The fraction of sp³-hybridized carbons (Fsp3) is 0.208. The van der Waals surface area contributed by atoms with E-state index in [2.05, 4.69) is 4.99 Å². The maximum absolute atomic E-state index is 13.6. The van der Waals surface area contributed by atoms with Crippen molar-refractivity contribution in [3.63, 3.8) is 0 Å². The van der Waals surface area contributed by atoms with Crippen molar-refractivity contribution in [1.82, 2.24) is 4.57 Å². The maximum atomic E-state index is 13.6. The van der Waals surface area contributed by atoms with E-state index in [9.17, 15) is 14.7 Å². The molecule has 0 fully saturated rings. The van der Waals surface area contributed by atoms with Crippen LogP contribution in [-0.2, 0) is 9.53 Å². The number of methoxy groups -OCH3 is 3. The maximum Gasteiger partial charge on any atom is 0.338 e. The molecule has 0 unspecified atom stereocenters. The molecule has 0 saturated heterocycles. The van der Waals surface area contributed by atoms with Gasteiger partial charge in [0.05, 0.1) is 37.1 Å². The van der Waals surface area contributed by atoms with Crippen LogP contribution < -0.4 is 24.4 Å². The summed E-state index contributed by atoms with van der Waals surface area (Å²) >= 11 is 7.44. The van der Waals surface area contributed by atoms with Crippen molar-refractivity contribution in [3.05, 3.63) is 83.5 Å². The topological polar surface area (TPSA) is 99.4 Å². The standard InChI is InChI=1S/C24H21ClN2O6S/c1-12-20(23(30)33-4)21(15-11-14(25)6-8-17(15)31-2)27-22(29)19(34-24(27)26-12)10-13-5-7-18(32-3)16(28)9-13/h5-11,21,28H,1-4H3/b19-10-/t21-/m0/s1. The number of benzene rings is 2. The molecule has 4 rings (SSSR count). The third-order valence-corrected chi connectivity index (χ3v) is 6.63. The molecule has 3 aromatic rings. The predicted octanol–water partition coefficient (Wildman–Crippen LogP) is 2.78. The Morgan fingerprint density at radius 3 is 2.50 bits per heavy atom. The Bertz CT molecular complexity index is 1500. The normalized spacial score (nSPS) is 15.6. The molecule has 8 nitrogen and oxygen atoms in total. The van der Waals surface area contributed by atoms with Crippen LogP contribution in [0.2, 0.25) is 5.02 Å². The van der Waals surface area contributed by atoms with E-state index < -0.39 is 12.0 Å². The van der Waals surface area contributed by atoms with Gasteiger partial charge in [-0.2, -0.15) is 0 Å². The number of aromatic nitrogens is 1. The van der Waals surface area contributed by atoms with Crippen LogP contribution in [0, 0.1) is 0 Å². The van der Waals surface area contributed by atoms with Crippen molar-refractivity contribution in [2.45, 2.75) is 13.0 Å². The Kier molecular flexibility index (Phi) is 6.49. The molecule has 0 spiro atoms. The second-order valence-corrected chi connectivity index (χ2v) is 8.84. The lowest BCUT2D eigenvalue weighted by Gasteiger charge is -2.25. The summed E-state index contributed by atoms with van der Waals surface area (Å²) in [6.45, 7) is 1.69. The van der Waals surface area contributed by atoms with Crippen molar-refractivity contribution in [2.24, 2.45) is 4.99 Å². The van der Waals surface area contributed by atoms with Gasteiger partial charge >= 0.3 is 5.97 Å². The van der Waals surface area contributed by atoms with E-state index in [0.29, 0.717) is 42.7 Å². The molecule has 0 saturated carbocycles. The first-order chi connectivity index (χ1) is 16.3. The van der Waals surface area contributed by atoms with Crippen molar-refractivity contribution >= 4 is 35.0 Å². The second kappa shape index (κ2) is 9.36. The van der Waals surface area contributed by atoms with Gasteiger partial charge < -0.3 is 19.3 Å². The van der Waals surface area contributed by atoms with Crippen molar-refractivity contribution in [2.75, 3.05) is 21.3 Å². The van der Waals surface area contributed by atoms with Crippen LogP contribution in [0.15, 0.2) is 57.5 Å². The quantitative estimate of drug-likeness (QED) is 0.541. The highest BCUT2D eigenvalue weighted by Gasteiger charge is 2.35. The SMILES string of the molecule is COC(=O)C1=C(C)N=c2s/c(=C\c3ccc(OC)c(O)c3)c(=O)n2[C@H]1c1cc(Cl)ccc1OC. The number of thiazole rings is 1. The lowest BCUT2D eigenvalue weighted by Crippen LogP contribution is -2.40. The third kappa shape index (κ3) is 4.08. The minimum absolute atomic E-state index is 0.0469. The average Bonchev–Trinajstić information content (AvgIpc) is 3.12. The van der Waals surface area contributed by atoms with Crippen LogP contribution in [0.25, 0.3) is 6.08 Å². The fourth-order valence-corrected chi connectivity index (χ4v) is 5.08. The van der Waals surface area contributed by atoms with Gasteiger partial charge in [0.25, 0.3) is 5.56 Å². The van der Waals surface area contributed by atoms with Gasteiger partial charge in [0, 0.05) is 10.6 Å². The number of rotatable bonds is 5. The molecular formula is C24H21ClN2O6S. The van der Waals surface area contributed by atoms with E-state index in [4.69, 9.17) is 25.8 Å². The van der Waals surface area contributed by atoms with Gasteiger partial charge in [-0.05, 0) is 48.9 Å². The number of halogens is 1. The number of esters is 1. The second-order valence-electron chi connectivity index (χ2n) is 7.39. The summed E-state index contributed by atoms with van der Waals surface area (Å²) in [5, 5.41) is 10.5. The molecule has 10 heteroatoms. The number of fused-ring (bicyclic) bond motifs is 1. The van der Waals surface area contributed by atoms with E-state index in [1.807, 2.05) is 0 Å². The van der Waals surface area contributed by atoms with Crippen molar-refractivity contribution in [1.29, 1.82) is 0 Å². The highest BCUT2D eigenvalue weighted by Crippen LogP contribution is 2.37. The summed E-state index contributed by atoms with van der Waals surface area (Å²) < 4.78 is 17.4. The highest BCUT2D eigenvalue weighted by molar-refractivity contribution is 7.07. The summed E-state index contributed by atoms with van der Waals surface area (Å²) in [6.07, 6.45) is 1.65. The van der Waals surface area contributed by atoms with Gasteiger partial charge in [0.15, 0.2) is 16.3 Å². The van der Waals surface area contributed by atoms with Gasteiger partial charge in [-0.1, -0.05) is 29.0 Å². The van der Waals surface area contributed by atoms with Crippen LogP contribution in [0.5, 0.6) is 17.2 Å². The number of allylic oxidation sites excluding steroid dienone is 1. The van der Waals surface area contributed by atoms with Gasteiger partial charge in [0.2, 0.25) is 0 Å². The minimum Gasteiger partial charge on any atom is -0.504 e. The monoisotopic (exact) mass is 500 g/mol. The lowest BCUT2D eigenvalue weighted by atomic mass is 9.95. The summed E-state index contributed by atoms with van der Waals surface area (Å²) in [5.41, 5.74) is 1.40. The molecule has 0 radical (unpaired) electrons. The largest absolute Gasteiger partial charge is 0.504 e. The number of hydrogen-bond acceptors (Lipinski definition) is 8. The third-order valence-electron chi connectivity index (χ3n) is 5.41. The summed E-state index contributed by atoms with van der Waals surface area (Å²) in [5.74, 6) is 0.127. The predicted molar refractivity (Wildman–Crippen MR) is 128 cm³/mol. The van der Waals surface area contributed by atoms with E-state index in [0.717, 1.165) is 0 Å². The molecule has 0 bridgehead atoms. The Balaban J connectivity index is 2.00. The molecule has 1 aliphatic rings. The molecule has 1 N–H and O–H groups in total. The van der Waals surface area contributed by atoms with Crippen LogP contribution >= 0.6 is 22.9 Å². The average molecular weight is 501 g/mol. The number of nitrogens with zero attached hydrogens (tertiary/aromatic N) is 2. The molecule has 176 valence electrons. The molecule has 34 heavy (non-hydrogen) atoms. The highest BCUT2D eigenvalue weighted by atomic mass is 35.5. The Morgan fingerprint density at radius 1 is 1.15 bits per heavy atom. The molecule has 2 aromatic carbocycles. The number of hydrogen-bond donors (Lipinski definition) is 1. The number of phenols is 1. The molecule has 0 amide bonds. The lowest BCUT2D eigenvalue weighted by molar-refractivity contribution is -0.136. The van der Waals surface area contributed by atoms with Crippen molar-refractivity contribution < 1.29 is 24.1 Å². The number of carbonyl (C=O) groups is 1. The Hall–Kier alpha value is -3.56. The van der Waals surface area contributed by atoms with Gasteiger partial charge in [-0.3, -0.25) is 9.36 Å². The zero-order valence-electron chi connectivity index (χ0n) is 18.8. The van der Waals surface area contributed by atoms with Crippen LogP contribution in [-0.4, -0.2) is 37.0 Å². The molecule has 1 atom stereocenters. The van der Waals surface area contributed by atoms with E-state index in [1.165, 1.54) is 43.3 Å². The van der Waals surface area contributed by atoms with E-state index in [1.54, 1.807) is 43.3 Å². The number of carbonyl (C=O) groups excluding carboxylic acids is 1. The smallest absolute Gasteiger partial charge is 0.338 e. The van der Waals surface area contributed by atoms with Crippen molar-refractivity contribution in [3.8, 4) is 17.2 Å². The van der Waals surface area contributed by atoms with E-state index in [-0.39, 0.29) is 16.9 Å². The minimum atomic E-state index is -0.858. The first kappa shape index (κ1) is 23.6.